The Balaban J connectivity index is 1.57. The first kappa shape index (κ1) is 15.9. The van der Waals surface area contributed by atoms with Gasteiger partial charge in [0.2, 0.25) is 5.91 Å². The van der Waals surface area contributed by atoms with Gasteiger partial charge in [0.15, 0.2) is 0 Å². The number of amides is 2. The first-order valence-corrected chi connectivity index (χ1v) is 8.02. The first-order valence-electron chi connectivity index (χ1n) is 8.02. The smallest absolute Gasteiger partial charge is 0.251 e. The third-order valence-corrected chi connectivity index (χ3v) is 4.97. The van der Waals surface area contributed by atoms with Gasteiger partial charge in [-0.3, -0.25) is 9.59 Å². The molecule has 2 saturated heterocycles. The second kappa shape index (κ2) is 6.66. The summed E-state index contributed by atoms with van der Waals surface area (Å²) in [6.45, 7) is 0.747. The lowest BCUT2D eigenvalue weighted by Crippen LogP contribution is -2.57. The molecule has 1 aromatic rings. The SMILES string of the molecule is O=C(NCC(=O)N1CC2CCC1C(CO)C2)c1ccc(F)cc1. The van der Waals surface area contributed by atoms with Crippen LogP contribution in [-0.4, -0.2) is 47.6 Å². The minimum absolute atomic E-state index is 0.0718. The van der Waals surface area contributed by atoms with Gasteiger partial charge in [-0.05, 0) is 49.4 Å². The number of nitrogens with one attached hydrogen (secondary N) is 1. The molecule has 0 aromatic heterocycles. The van der Waals surface area contributed by atoms with E-state index in [0.717, 1.165) is 19.3 Å². The van der Waals surface area contributed by atoms with Gasteiger partial charge in [0.1, 0.15) is 5.82 Å². The Kier molecular flexibility index (Phi) is 4.61. The fourth-order valence-electron chi connectivity index (χ4n) is 3.78. The van der Waals surface area contributed by atoms with Crippen LogP contribution in [0.15, 0.2) is 24.3 Å². The minimum atomic E-state index is -0.406. The number of carbonyl (C=O) groups is 2. The summed E-state index contributed by atoms with van der Waals surface area (Å²) < 4.78 is 12.9. The highest BCUT2D eigenvalue weighted by Gasteiger charge is 2.42. The van der Waals surface area contributed by atoms with Crippen LogP contribution in [-0.2, 0) is 4.79 Å². The normalized spacial score (nSPS) is 26.2. The summed E-state index contributed by atoms with van der Waals surface area (Å²) in [5, 5.41) is 12.1. The van der Waals surface area contributed by atoms with Gasteiger partial charge < -0.3 is 15.3 Å². The molecule has 2 bridgehead atoms. The Labute approximate surface area is 134 Å². The Morgan fingerprint density at radius 3 is 2.65 bits per heavy atom. The Bertz CT molecular complexity index is 590. The maximum Gasteiger partial charge on any atom is 0.251 e. The van der Waals surface area contributed by atoms with Crippen molar-refractivity contribution in [2.75, 3.05) is 19.7 Å². The van der Waals surface area contributed by atoms with Gasteiger partial charge in [-0.1, -0.05) is 0 Å². The van der Waals surface area contributed by atoms with E-state index < -0.39 is 5.82 Å². The van der Waals surface area contributed by atoms with Crippen LogP contribution in [0.5, 0.6) is 0 Å². The number of aliphatic hydroxyl groups excluding tert-OH is 1. The fourth-order valence-corrected chi connectivity index (χ4v) is 3.78. The second-order valence-electron chi connectivity index (χ2n) is 6.42. The third-order valence-electron chi connectivity index (χ3n) is 4.97. The Hall–Kier alpha value is -1.95. The van der Waals surface area contributed by atoms with Crippen molar-refractivity contribution in [3.8, 4) is 0 Å². The molecule has 3 unspecified atom stereocenters. The average molecular weight is 320 g/mol. The molecule has 5 nitrogen and oxygen atoms in total. The first-order chi connectivity index (χ1) is 11.1. The third kappa shape index (κ3) is 3.37. The number of nitrogens with zero attached hydrogens (tertiary/aromatic N) is 1. The molecule has 0 radical (unpaired) electrons. The summed E-state index contributed by atoms with van der Waals surface area (Å²) >= 11 is 0. The highest BCUT2D eigenvalue weighted by molar-refractivity contribution is 5.96. The molecule has 2 N–H and O–H groups in total. The molecule has 2 heterocycles. The molecular weight excluding hydrogens is 299 g/mol. The lowest BCUT2D eigenvalue weighted by Gasteiger charge is -2.49. The van der Waals surface area contributed by atoms with Crippen molar-refractivity contribution in [1.82, 2.24) is 10.2 Å². The quantitative estimate of drug-likeness (QED) is 0.875. The predicted molar refractivity (Wildman–Crippen MR) is 82.2 cm³/mol. The van der Waals surface area contributed by atoms with Gasteiger partial charge in [0, 0.05) is 30.7 Å². The lowest BCUT2D eigenvalue weighted by atomic mass is 9.73. The standard InChI is InChI=1S/C17H21FN2O3/c18-14-4-2-12(3-5-14)17(23)19-8-16(22)20-9-11-1-6-15(20)13(7-11)10-21/h2-5,11,13,15,21H,1,6-10H2,(H,19,23). The van der Waals surface area contributed by atoms with Crippen LogP contribution in [0.1, 0.15) is 29.6 Å². The number of piperidine rings is 2. The van der Waals surface area contributed by atoms with Crippen LogP contribution < -0.4 is 5.32 Å². The summed E-state index contributed by atoms with van der Waals surface area (Å²) in [6.07, 6.45) is 3.01. The van der Waals surface area contributed by atoms with Crippen molar-refractivity contribution in [2.24, 2.45) is 11.8 Å². The Morgan fingerprint density at radius 1 is 1.26 bits per heavy atom. The van der Waals surface area contributed by atoms with Gasteiger partial charge in [0.25, 0.3) is 5.91 Å². The van der Waals surface area contributed by atoms with Crippen LogP contribution in [0, 0.1) is 17.7 Å². The van der Waals surface area contributed by atoms with E-state index in [9.17, 15) is 19.1 Å². The number of rotatable bonds is 4. The van der Waals surface area contributed by atoms with Crippen LogP contribution >= 0.6 is 0 Å². The van der Waals surface area contributed by atoms with Crippen molar-refractivity contribution in [3.63, 3.8) is 0 Å². The molecule has 124 valence electrons. The molecule has 3 atom stereocenters. The number of hydrogen-bond donors (Lipinski definition) is 2. The van der Waals surface area contributed by atoms with Crippen molar-refractivity contribution in [3.05, 3.63) is 35.6 Å². The van der Waals surface area contributed by atoms with Crippen molar-refractivity contribution in [2.45, 2.75) is 25.3 Å². The molecule has 23 heavy (non-hydrogen) atoms. The van der Waals surface area contributed by atoms with Gasteiger partial charge in [-0.15, -0.1) is 0 Å². The molecule has 1 aromatic carbocycles. The zero-order chi connectivity index (χ0) is 16.4. The van der Waals surface area contributed by atoms with E-state index in [1.165, 1.54) is 24.3 Å². The molecule has 3 aliphatic rings. The molecule has 4 rings (SSSR count). The van der Waals surface area contributed by atoms with E-state index in [1.54, 1.807) is 0 Å². The summed E-state index contributed by atoms with van der Waals surface area (Å²) in [5.41, 5.74) is 0.326. The van der Waals surface area contributed by atoms with Crippen molar-refractivity contribution in [1.29, 1.82) is 0 Å². The largest absolute Gasteiger partial charge is 0.396 e. The Morgan fingerprint density at radius 2 is 2.00 bits per heavy atom. The summed E-state index contributed by atoms with van der Waals surface area (Å²) in [7, 11) is 0. The molecule has 1 aliphatic carbocycles. The zero-order valence-electron chi connectivity index (χ0n) is 12.9. The molecule has 2 aliphatic heterocycles. The van der Waals surface area contributed by atoms with Gasteiger partial charge in [0.05, 0.1) is 6.54 Å². The average Bonchev–Trinajstić information content (AvgIpc) is 2.60. The molecule has 6 heteroatoms. The number of fused-ring (bicyclic) bond motifs is 3. The minimum Gasteiger partial charge on any atom is -0.396 e. The predicted octanol–water partition coefficient (Wildman–Crippen LogP) is 1.17. The van der Waals surface area contributed by atoms with E-state index in [1.807, 2.05) is 4.90 Å². The summed E-state index contributed by atoms with van der Waals surface area (Å²) in [6, 6.07) is 5.29. The van der Waals surface area contributed by atoms with Crippen LogP contribution in [0.2, 0.25) is 0 Å². The number of hydrogen-bond acceptors (Lipinski definition) is 3. The number of benzene rings is 1. The van der Waals surface area contributed by atoms with E-state index in [-0.39, 0.29) is 36.9 Å². The molecule has 2 amide bonds. The van der Waals surface area contributed by atoms with E-state index in [2.05, 4.69) is 5.32 Å². The van der Waals surface area contributed by atoms with Crippen LogP contribution in [0.4, 0.5) is 4.39 Å². The molecule has 1 saturated carbocycles. The topological polar surface area (TPSA) is 69.6 Å². The monoisotopic (exact) mass is 320 g/mol. The zero-order valence-corrected chi connectivity index (χ0v) is 12.9. The summed E-state index contributed by atoms with van der Waals surface area (Å²) in [4.78, 5) is 26.2. The van der Waals surface area contributed by atoms with E-state index in [4.69, 9.17) is 0 Å². The van der Waals surface area contributed by atoms with E-state index >= 15 is 0 Å². The van der Waals surface area contributed by atoms with Crippen molar-refractivity contribution < 1.29 is 19.1 Å². The summed E-state index contributed by atoms with van der Waals surface area (Å²) in [5.74, 6) is -0.308. The van der Waals surface area contributed by atoms with Crippen LogP contribution in [0.3, 0.4) is 0 Å². The highest BCUT2D eigenvalue weighted by Crippen LogP contribution is 2.38. The van der Waals surface area contributed by atoms with Gasteiger partial charge >= 0.3 is 0 Å². The van der Waals surface area contributed by atoms with Crippen molar-refractivity contribution >= 4 is 11.8 Å². The van der Waals surface area contributed by atoms with E-state index in [0.29, 0.717) is 18.0 Å². The maximum absolute atomic E-state index is 12.9. The lowest BCUT2D eigenvalue weighted by molar-refractivity contribution is -0.141. The second-order valence-corrected chi connectivity index (χ2v) is 6.42. The molecule has 0 spiro atoms. The number of aliphatic hydroxyl groups is 1. The molecule has 3 fully saturated rings. The highest BCUT2D eigenvalue weighted by atomic mass is 19.1. The van der Waals surface area contributed by atoms with Crippen LogP contribution in [0.25, 0.3) is 0 Å². The van der Waals surface area contributed by atoms with Gasteiger partial charge in [-0.25, -0.2) is 4.39 Å². The molecular formula is C17H21FN2O3. The maximum atomic E-state index is 12.9. The number of carbonyl (C=O) groups excluding carboxylic acids is 2. The number of halogens is 1. The van der Waals surface area contributed by atoms with Gasteiger partial charge in [-0.2, -0.15) is 0 Å². The fraction of sp³-hybridized carbons (Fsp3) is 0.529.